The number of hydrogen-bond acceptors (Lipinski definition) is 4. The van der Waals surface area contributed by atoms with Gasteiger partial charge in [-0.3, -0.25) is 14.2 Å². The maximum absolute atomic E-state index is 14.2. The van der Waals surface area contributed by atoms with Crippen LogP contribution in [0.3, 0.4) is 0 Å². The Morgan fingerprint density at radius 2 is 1.84 bits per heavy atom. The van der Waals surface area contributed by atoms with E-state index < -0.39 is 46.4 Å². The number of alkyl halides is 3. The van der Waals surface area contributed by atoms with Gasteiger partial charge in [0.25, 0.3) is 11.5 Å². The molecule has 11 heteroatoms. The lowest BCUT2D eigenvalue weighted by Crippen LogP contribution is -2.42. The number of anilines is 1. The van der Waals surface area contributed by atoms with Gasteiger partial charge in [0.15, 0.2) is 0 Å². The average Bonchev–Trinajstić information content (AvgIpc) is 2.88. The zero-order chi connectivity index (χ0) is 27.6. The van der Waals surface area contributed by atoms with Crippen LogP contribution in [-0.4, -0.2) is 26.9 Å². The van der Waals surface area contributed by atoms with Gasteiger partial charge >= 0.3 is 6.18 Å². The highest BCUT2D eigenvalue weighted by Gasteiger charge is 2.31. The van der Waals surface area contributed by atoms with E-state index in [0.29, 0.717) is 11.3 Å². The van der Waals surface area contributed by atoms with Gasteiger partial charge in [-0.1, -0.05) is 30.2 Å². The molecule has 1 aromatic heterocycles. The van der Waals surface area contributed by atoms with Gasteiger partial charge in [-0.2, -0.15) is 13.2 Å². The number of aromatic nitrogens is 2. The monoisotopic (exact) mass is 528 g/mol. The minimum absolute atomic E-state index is 0.0500. The predicted molar refractivity (Wildman–Crippen MR) is 130 cm³/mol. The molecule has 1 aliphatic heterocycles. The first-order chi connectivity index (χ1) is 18.0. The van der Waals surface area contributed by atoms with Gasteiger partial charge in [-0.15, -0.1) is 13.0 Å². The second-order valence-corrected chi connectivity index (χ2v) is 8.51. The van der Waals surface area contributed by atoms with E-state index in [9.17, 15) is 31.5 Å². The van der Waals surface area contributed by atoms with Crippen molar-refractivity contribution in [1.29, 1.82) is 0 Å². The highest BCUT2D eigenvalue weighted by molar-refractivity contribution is 5.94. The number of carbonyl (C=O) groups is 1. The quantitative estimate of drug-likeness (QED) is 0.286. The van der Waals surface area contributed by atoms with Gasteiger partial charge in [0.2, 0.25) is 5.95 Å². The molecule has 0 radical (unpaired) electrons. The smallest absolute Gasteiger partial charge is 0.345 e. The SMILES string of the molecule is C#CCn1c(N[C@@H](C=C)c2ccc(C(F)(F)F)cc2)nc2c(c1=O)CN(C(=O)c1c(F)cccc1F)CC2. The number of hydrogen-bond donors (Lipinski definition) is 1. The first-order valence-corrected chi connectivity index (χ1v) is 11.4. The zero-order valence-electron chi connectivity index (χ0n) is 19.9. The van der Waals surface area contributed by atoms with E-state index in [1.54, 1.807) is 0 Å². The number of nitrogens with one attached hydrogen (secondary N) is 1. The number of halogens is 5. The van der Waals surface area contributed by atoms with Gasteiger partial charge in [0, 0.05) is 13.0 Å². The van der Waals surface area contributed by atoms with Crippen molar-refractivity contribution in [3.8, 4) is 12.3 Å². The van der Waals surface area contributed by atoms with Crippen LogP contribution >= 0.6 is 0 Å². The Hall–Kier alpha value is -4.46. The van der Waals surface area contributed by atoms with E-state index in [2.05, 4.69) is 22.8 Å². The van der Waals surface area contributed by atoms with Crippen LogP contribution in [0, 0.1) is 24.0 Å². The van der Waals surface area contributed by atoms with Crippen LogP contribution in [0.1, 0.15) is 38.8 Å². The molecule has 2 heterocycles. The lowest BCUT2D eigenvalue weighted by Gasteiger charge is -2.29. The van der Waals surface area contributed by atoms with E-state index in [1.807, 2.05) is 0 Å². The van der Waals surface area contributed by atoms with Crippen LogP contribution in [0.15, 0.2) is 59.9 Å². The van der Waals surface area contributed by atoms with Crippen LogP contribution < -0.4 is 10.9 Å². The largest absolute Gasteiger partial charge is 0.416 e. The molecule has 6 nitrogen and oxygen atoms in total. The Morgan fingerprint density at radius 1 is 1.18 bits per heavy atom. The second kappa shape index (κ2) is 10.5. The normalized spacial score (nSPS) is 13.8. The maximum Gasteiger partial charge on any atom is 0.416 e. The Bertz CT molecular complexity index is 1470. The van der Waals surface area contributed by atoms with Crippen molar-refractivity contribution in [2.45, 2.75) is 31.7 Å². The summed E-state index contributed by atoms with van der Waals surface area (Å²) in [5, 5.41) is 3.00. The summed E-state index contributed by atoms with van der Waals surface area (Å²) >= 11 is 0. The number of terminal acetylenes is 1. The lowest BCUT2D eigenvalue weighted by molar-refractivity contribution is -0.137. The molecule has 0 bridgehead atoms. The minimum Gasteiger partial charge on any atom is -0.345 e. The van der Waals surface area contributed by atoms with Crippen molar-refractivity contribution in [2.24, 2.45) is 0 Å². The molecular formula is C27H21F5N4O2. The highest BCUT2D eigenvalue weighted by atomic mass is 19.4. The van der Waals surface area contributed by atoms with Crippen molar-refractivity contribution in [1.82, 2.24) is 14.5 Å². The molecule has 196 valence electrons. The molecule has 4 rings (SSSR count). The summed E-state index contributed by atoms with van der Waals surface area (Å²) in [7, 11) is 0. The summed E-state index contributed by atoms with van der Waals surface area (Å²) < 4.78 is 68.3. The second-order valence-electron chi connectivity index (χ2n) is 8.51. The Morgan fingerprint density at radius 3 is 2.42 bits per heavy atom. The highest BCUT2D eigenvalue weighted by Crippen LogP contribution is 2.31. The van der Waals surface area contributed by atoms with Gasteiger partial charge in [-0.05, 0) is 29.8 Å². The first-order valence-electron chi connectivity index (χ1n) is 11.4. The maximum atomic E-state index is 14.2. The number of rotatable bonds is 6. The fraction of sp³-hybridized carbons (Fsp3) is 0.222. The van der Waals surface area contributed by atoms with Crippen molar-refractivity contribution in [2.75, 3.05) is 11.9 Å². The van der Waals surface area contributed by atoms with Crippen molar-refractivity contribution in [3.05, 3.63) is 105 Å². The Balaban J connectivity index is 1.66. The minimum atomic E-state index is -4.49. The lowest BCUT2D eigenvalue weighted by atomic mass is 10.0. The standard InChI is InChI=1S/C27H21F5N4O2/c1-3-13-36-24(37)18-15-35(25(38)23-19(28)6-5-7-20(23)29)14-12-22(18)34-26(36)33-21(4-2)16-8-10-17(11-9-16)27(30,31)32/h1,4-11,21H,2,12-15H2,(H,33,34)/t21-/m0/s1. The summed E-state index contributed by atoms with van der Waals surface area (Å²) in [5.74, 6) is -0.502. The molecule has 0 aliphatic carbocycles. The topological polar surface area (TPSA) is 67.2 Å². The molecule has 0 fully saturated rings. The fourth-order valence-corrected chi connectivity index (χ4v) is 4.19. The van der Waals surface area contributed by atoms with E-state index in [0.717, 1.165) is 39.8 Å². The van der Waals surface area contributed by atoms with Crippen LogP contribution in [0.25, 0.3) is 0 Å². The van der Waals surface area contributed by atoms with E-state index >= 15 is 0 Å². The first kappa shape index (κ1) is 26.6. The number of benzene rings is 2. The van der Waals surface area contributed by atoms with Gasteiger partial charge in [0.05, 0.1) is 36.0 Å². The summed E-state index contributed by atoms with van der Waals surface area (Å²) in [6, 6.07) is 6.83. The molecule has 1 N–H and O–H groups in total. The molecule has 0 saturated carbocycles. The van der Waals surface area contributed by atoms with Crippen molar-refractivity contribution < 1.29 is 26.7 Å². The zero-order valence-corrected chi connectivity index (χ0v) is 19.9. The van der Waals surface area contributed by atoms with E-state index in [1.165, 1.54) is 18.2 Å². The third kappa shape index (κ3) is 5.16. The average molecular weight is 528 g/mol. The number of fused-ring (bicyclic) bond motifs is 1. The van der Waals surface area contributed by atoms with Crippen molar-refractivity contribution in [3.63, 3.8) is 0 Å². The molecule has 1 aliphatic rings. The number of amides is 1. The number of nitrogens with zero attached hydrogens (tertiary/aromatic N) is 3. The summed E-state index contributed by atoms with van der Waals surface area (Å²) in [6.07, 6.45) is 2.53. The van der Waals surface area contributed by atoms with Crippen LogP contribution in [0.2, 0.25) is 0 Å². The molecule has 0 saturated heterocycles. The van der Waals surface area contributed by atoms with Crippen molar-refractivity contribution >= 4 is 11.9 Å². The fourth-order valence-electron chi connectivity index (χ4n) is 4.19. The molecule has 1 atom stereocenters. The molecule has 38 heavy (non-hydrogen) atoms. The third-order valence-electron chi connectivity index (χ3n) is 6.15. The number of carbonyl (C=O) groups excluding carboxylic acids is 1. The van der Waals surface area contributed by atoms with Gasteiger partial charge < -0.3 is 10.2 Å². The molecule has 0 unspecified atom stereocenters. The summed E-state index contributed by atoms with van der Waals surface area (Å²) in [5.41, 5.74) is -1.13. The van der Waals surface area contributed by atoms with E-state index in [4.69, 9.17) is 6.42 Å². The predicted octanol–water partition coefficient (Wildman–Crippen LogP) is 4.71. The summed E-state index contributed by atoms with van der Waals surface area (Å²) in [6.45, 7) is 3.33. The molecular weight excluding hydrogens is 507 g/mol. The molecule has 0 spiro atoms. The Kier molecular flexibility index (Phi) is 7.35. The molecule has 2 aromatic carbocycles. The molecule has 3 aromatic rings. The third-order valence-corrected chi connectivity index (χ3v) is 6.15. The van der Waals surface area contributed by atoms with E-state index in [-0.39, 0.29) is 37.6 Å². The van der Waals surface area contributed by atoms with Gasteiger partial charge in [-0.25, -0.2) is 13.8 Å². The van der Waals surface area contributed by atoms with Crippen LogP contribution in [0.5, 0.6) is 0 Å². The van der Waals surface area contributed by atoms with Crippen LogP contribution in [0.4, 0.5) is 27.9 Å². The summed E-state index contributed by atoms with van der Waals surface area (Å²) in [4.78, 5) is 31.9. The molecule has 1 amide bonds. The Labute approximate surface area is 214 Å². The van der Waals surface area contributed by atoms with Gasteiger partial charge in [0.1, 0.15) is 17.2 Å². The van der Waals surface area contributed by atoms with Crippen LogP contribution in [-0.2, 0) is 25.7 Å².